The molecule has 0 aliphatic rings. The molecule has 20 heavy (non-hydrogen) atoms. The molecule has 0 aliphatic heterocycles. The Balaban J connectivity index is 1.94. The predicted octanol–water partition coefficient (Wildman–Crippen LogP) is 2.32. The van der Waals surface area contributed by atoms with Gasteiger partial charge in [-0.2, -0.15) is 0 Å². The number of thioether (sulfide) groups is 1. The van der Waals surface area contributed by atoms with Crippen LogP contribution < -0.4 is 5.73 Å². The zero-order valence-corrected chi connectivity index (χ0v) is 12.1. The van der Waals surface area contributed by atoms with Gasteiger partial charge in [0, 0.05) is 23.0 Å². The molecule has 0 fully saturated rings. The highest BCUT2D eigenvalue weighted by Crippen LogP contribution is 2.22. The average Bonchev–Trinajstić information content (AvgIpc) is 2.86. The van der Waals surface area contributed by atoms with Crippen LogP contribution in [0.4, 0.5) is 5.69 Å². The van der Waals surface area contributed by atoms with Crippen molar-refractivity contribution >= 4 is 23.4 Å². The van der Waals surface area contributed by atoms with Crippen molar-refractivity contribution in [3.05, 3.63) is 42.5 Å². The molecule has 0 amide bonds. The Hall–Kier alpha value is -1.95. The van der Waals surface area contributed by atoms with Gasteiger partial charge >= 0.3 is 5.97 Å². The molecule has 2 aromatic rings. The first-order valence-electron chi connectivity index (χ1n) is 6.33. The number of hydrogen-bond donors (Lipinski definition) is 1. The number of nitrogens with two attached hydrogens (primary N) is 1. The van der Waals surface area contributed by atoms with Crippen molar-refractivity contribution in [2.75, 3.05) is 12.3 Å². The van der Waals surface area contributed by atoms with E-state index in [-0.39, 0.29) is 12.5 Å². The summed E-state index contributed by atoms with van der Waals surface area (Å²) in [6, 6.07) is 7.68. The minimum atomic E-state index is -0.246. The van der Waals surface area contributed by atoms with E-state index in [1.807, 2.05) is 28.8 Å². The summed E-state index contributed by atoms with van der Waals surface area (Å²) in [5.74, 6) is 1.29. The summed E-state index contributed by atoms with van der Waals surface area (Å²) < 4.78 is 6.75. The Kier molecular flexibility index (Phi) is 5.06. The van der Waals surface area contributed by atoms with Crippen LogP contribution in [-0.2, 0) is 21.8 Å². The van der Waals surface area contributed by atoms with Crippen molar-refractivity contribution in [1.29, 1.82) is 0 Å². The Morgan fingerprint density at radius 3 is 2.85 bits per heavy atom. The molecule has 1 heterocycles. The zero-order valence-electron chi connectivity index (χ0n) is 11.3. The first kappa shape index (κ1) is 14.5. The van der Waals surface area contributed by atoms with E-state index in [4.69, 9.17) is 10.5 Å². The molecule has 0 radical (unpaired) electrons. The highest BCUT2D eigenvalue weighted by Gasteiger charge is 2.08. The predicted molar refractivity (Wildman–Crippen MR) is 79.3 cm³/mol. The van der Waals surface area contributed by atoms with Crippen LogP contribution in [0.3, 0.4) is 0 Å². The van der Waals surface area contributed by atoms with Crippen LogP contribution in [0.25, 0.3) is 0 Å². The Labute approximate surface area is 122 Å². The van der Waals surface area contributed by atoms with Crippen LogP contribution >= 0.6 is 11.8 Å². The Bertz CT molecular complexity index is 566. The first-order chi connectivity index (χ1) is 9.69. The van der Waals surface area contributed by atoms with Crippen LogP contribution in [-0.4, -0.2) is 22.1 Å². The van der Waals surface area contributed by atoms with Crippen LogP contribution in [0, 0.1) is 0 Å². The fourth-order valence-corrected chi connectivity index (χ4v) is 2.55. The molecule has 0 spiro atoms. The summed E-state index contributed by atoms with van der Waals surface area (Å²) >= 11 is 1.65. The van der Waals surface area contributed by atoms with E-state index < -0.39 is 0 Å². The largest absolute Gasteiger partial charge is 0.465 e. The monoisotopic (exact) mass is 291 g/mol. The van der Waals surface area contributed by atoms with Crippen molar-refractivity contribution < 1.29 is 9.53 Å². The second-order valence-corrected chi connectivity index (χ2v) is 5.18. The fraction of sp³-hybridized carbons (Fsp3) is 0.286. The van der Waals surface area contributed by atoms with Crippen molar-refractivity contribution in [2.24, 2.45) is 0 Å². The summed E-state index contributed by atoms with van der Waals surface area (Å²) in [5, 5.41) is 0. The van der Waals surface area contributed by atoms with E-state index >= 15 is 0 Å². The molecule has 2 rings (SSSR count). The number of anilines is 1. The summed E-state index contributed by atoms with van der Waals surface area (Å²) in [5.41, 5.74) is 6.40. The molecule has 0 saturated heterocycles. The van der Waals surface area contributed by atoms with E-state index in [1.165, 1.54) is 0 Å². The lowest BCUT2D eigenvalue weighted by Crippen LogP contribution is -2.14. The number of carbonyl (C=O) groups excluding carboxylic acids is 1. The van der Waals surface area contributed by atoms with Crippen LogP contribution in [0.1, 0.15) is 12.7 Å². The minimum absolute atomic E-state index is 0.200. The molecular weight excluding hydrogens is 274 g/mol. The third kappa shape index (κ3) is 4.03. The number of hydrogen-bond acceptors (Lipinski definition) is 5. The topological polar surface area (TPSA) is 70.1 Å². The lowest BCUT2D eigenvalue weighted by molar-refractivity contribution is -0.143. The fourth-order valence-electron chi connectivity index (χ4n) is 1.68. The molecule has 1 aromatic carbocycles. The number of aromatic nitrogens is 2. The second kappa shape index (κ2) is 7.00. The standard InChI is InChI=1S/C14H17N3O2S/c1-2-19-14(18)9-17-8-7-16-13(17)10-20-12-5-3-11(15)4-6-12/h3-8H,2,9-10,15H2,1H3. The molecule has 0 saturated carbocycles. The maximum absolute atomic E-state index is 11.5. The molecule has 5 nitrogen and oxygen atoms in total. The summed E-state index contributed by atoms with van der Waals surface area (Å²) in [4.78, 5) is 16.9. The first-order valence-corrected chi connectivity index (χ1v) is 7.31. The molecule has 0 unspecified atom stereocenters. The van der Waals surface area contributed by atoms with E-state index in [0.717, 1.165) is 16.4 Å². The van der Waals surface area contributed by atoms with Gasteiger partial charge < -0.3 is 15.0 Å². The molecule has 0 atom stereocenters. The highest BCUT2D eigenvalue weighted by atomic mass is 32.2. The SMILES string of the molecule is CCOC(=O)Cn1ccnc1CSc1ccc(N)cc1. The zero-order chi connectivity index (χ0) is 14.4. The molecule has 106 valence electrons. The van der Waals surface area contributed by atoms with Gasteiger partial charge in [0.25, 0.3) is 0 Å². The molecule has 6 heteroatoms. The minimum Gasteiger partial charge on any atom is -0.465 e. The Morgan fingerprint density at radius 2 is 2.15 bits per heavy atom. The number of rotatable bonds is 6. The maximum Gasteiger partial charge on any atom is 0.325 e. The van der Waals surface area contributed by atoms with Gasteiger partial charge in [-0.05, 0) is 31.2 Å². The smallest absolute Gasteiger partial charge is 0.325 e. The molecule has 0 aliphatic carbocycles. The highest BCUT2D eigenvalue weighted by molar-refractivity contribution is 7.98. The molecular formula is C14H17N3O2S. The van der Waals surface area contributed by atoms with Crippen LogP contribution in [0.15, 0.2) is 41.6 Å². The number of nitrogen functional groups attached to an aromatic ring is 1. The van der Waals surface area contributed by atoms with Crippen LogP contribution in [0.5, 0.6) is 0 Å². The lowest BCUT2D eigenvalue weighted by atomic mass is 10.3. The van der Waals surface area contributed by atoms with E-state index in [9.17, 15) is 4.79 Å². The summed E-state index contributed by atoms with van der Waals surface area (Å²) in [6.45, 7) is 2.39. The van der Waals surface area contributed by atoms with Crippen LogP contribution in [0.2, 0.25) is 0 Å². The van der Waals surface area contributed by atoms with Crippen molar-refractivity contribution in [2.45, 2.75) is 24.1 Å². The number of benzene rings is 1. The molecule has 1 aromatic heterocycles. The van der Waals surface area contributed by atoms with Crippen molar-refractivity contribution in [1.82, 2.24) is 9.55 Å². The second-order valence-electron chi connectivity index (χ2n) is 4.13. The van der Waals surface area contributed by atoms with Gasteiger partial charge in [0.1, 0.15) is 12.4 Å². The van der Waals surface area contributed by atoms with Gasteiger partial charge in [0.2, 0.25) is 0 Å². The number of nitrogens with zero attached hydrogens (tertiary/aromatic N) is 2. The van der Waals surface area contributed by atoms with E-state index in [1.54, 1.807) is 31.1 Å². The van der Waals surface area contributed by atoms with Gasteiger partial charge in [0.05, 0.1) is 12.4 Å². The Morgan fingerprint density at radius 1 is 1.40 bits per heavy atom. The molecule has 2 N–H and O–H groups in total. The summed E-state index contributed by atoms with van der Waals surface area (Å²) in [6.07, 6.45) is 3.48. The number of carbonyl (C=O) groups is 1. The lowest BCUT2D eigenvalue weighted by Gasteiger charge is -2.07. The maximum atomic E-state index is 11.5. The van der Waals surface area contributed by atoms with E-state index in [0.29, 0.717) is 12.4 Å². The average molecular weight is 291 g/mol. The van der Waals surface area contributed by atoms with Gasteiger partial charge in [0.15, 0.2) is 0 Å². The number of esters is 1. The summed E-state index contributed by atoms with van der Waals surface area (Å²) in [7, 11) is 0. The van der Waals surface area contributed by atoms with Gasteiger partial charge in [-0.3, -0.25) is 4.79 Å². The third-order valence-electron chi connectivity index (χ3n) is 2.65. The quantitative estimate of drug-likeness (QED) is 0.502. The van der Waals surface area contributed by atoms with Gasteiger partial charge in [-0.15, -0.1) is 11.8 Å². The molecule has 0 bridgehead atoms. The van der Waals surface area contributed by atoms with Gasteiger partial charge in [-0.25, -0.2) is 4.98 Å². The number of imidazole rings is 1. The van der Waals surface area contributed by atoms with Crippen molar-refractivity contribution in [3.8, 4) is 0 Å². The van der Waals surface area contributed by atoms with Gasteiger partial charge in [-0.1, -0.05) is 0 Å². The number of ether oxygens (including phenoxy) is 1. The normalized spacial score (nSPS) is 10.4. The third-order valence-corrected chi connectivity index (χ3v) is 3.66. The van der Waals surface area contributed by atoms with E-state index in [2.05, 4.69) is 4.98 Å². The van der Waals surface area contributed by atoms with Crippen molar-refractivity contribution in [3.63, 3.8) is 0 Å².